The number of hydrogen-bond donors (Lipinski definition) is 2. The number of pyridine rings is 2. The van der Waals surface area contributed by atoms with Crippen LogP contribution in [-0.4, -0.2) is 49.1 Å². The second-order valence-electron chi connectivity index (χ2n) is 5.83. The van der Waals surface area contributed by atoms with Crippen LogP contribution in [-0.2, 0) is 9.68 Å². The maximum absolute atomic E-state index is 5.74. The van der Waals surface area contributed by atoms with E-state index in [0.717, 1.165) is 19.3 Å². The number of rotatable bonds is 12. The molecule has 0 aliphatic carbocycles. The van der Waals surface area contributed by atoms with Gasteiger partial charge < -0.3 is 30.6 Å². The second-order valence-corrected chi connectivity index (χ2v) is 5.83. The summed E-state index contributed by atoms with van der Waals surface area (Å²) < 4.78 is 11.5. The highest BCUT2D eigenvalue weighted by Gasteiger charge is 2.05. The van der Waals surface area contributed by atoms with E-state index in [1.54, 1.807) is 36.7 Å². The van der Waals surface area contributed by atoms with Crippen molar-refractivity contribution in [3.8, 4) is 11.5 Å². The van der Waals surface area contributed by atoms with Crippen LogP contribution in [0.5, 0.6) is 11.5 Å². The SMILES string of the molecule is CO/N=C(\N)c1cc(OCCCCCOc2ccnc(/C(N)=N/OC)c2)ccn1. The van der Waals surface area contributed by atoms with Gasteiger partial charge in [-0.3, -0.25) is 9.97 Å². The summed E-state index contributed by atoms with van der Waals surface area (Å²) in [5.74, 6) is 1.76. The first kappa shape index (κ1) is 21.7. The van der Waals surface area contributed by atoms with Crippen molar-refractivity contribution < 1.29 is 19.1 Å². The first-order valence-electron chi connectivity index (χ1n) is 9.05. The molecule has 0 aliphatic heterocycles. The van der Waals surface area contributed by atoms with E-state index in [9.17, 15) is 0 Å². The summed E-state index contributed by atoms with van der Waals surface area (Å²) in [6.07, 6.45) is 5.96. The van der Waals surface area contributed by atoms with Gasteiger partial charge in [0.2, 0.25) is 0 Å². The molecule has 2 aromatic rings. The molecule has 156 valence electrons. The van der Waals surface area contributed by atoms with Crippen molar-refractivity contribution in [1.29, 1.82) is 0 Å². The molecule has 0 radical (unpaired) electrons. The zero-order chi connectivity index (χ0) is 20.9. The molecular weight excluding hydrogens is 376 g/mol. The number of nitrogens with two attached hydrogens (primary N) is 2. The fourth-order valence-electron chi connectivity index (χ4n) is 2.33. The fraction of sp³-hybridized carbons (Fsp3) is 0.368. The Morgan fingerprint density at radius 2 is 1.24 bits per heavy atom. The molecular formula is C19H26N6O4. The molecule has 0 unspecified atom stereocenters. The van der Waals surface area contributed by atoms with Gasteiger partial charge in [-0.25, -0.2) is 0 Å². The summed E-state index contributed by atoms with van der Waals surface area (Å²) in [7, 11) is 2.85. The minimum absolute atomic E-state index is 0.199. The molecule has 2 aromatic heterocycles. The number of oxime groups is 2. The molecule has 0 fully saturated rings. The van der Waals surface area contributed by atoms with E-state index >= 15 is 0 Å². The molecule has 0 spiro atoms. The zero-order valence-electron chi connectivity index (χ0n) is 16.6. The Hall–Kier alpha value is -3.56. The number of aromatic nitrogens is 2. The van der Waals surface area contributed by atoms with E-state index in [-0.39, 0.29) is 11.7 Å². The third-order valence-corrected chi connectivity index (χ3v) is 3.69. The molecule has 0 bridgehead atoms. The van der Waals surface area contributed by atoms with Crippen LogP contribution < -0.4 is 20.9 Å². The Bertz CT molecular complexity index is 760. The summed E-state index contributed by atoms with van der Waals surface area (Å²) >= 11 is 0. The third kappa shape index (κ3) is 7.53. The van der Waals surface area contributed by atoms with Gasteiger partial charge in [0.05, 0.1) is 13.2 Å². The molecule has 2 heterocycles. The lowest BCUT2D eigenvalue weighted by atomic mass is 10.2. The Morgan fingerprint density at radius 1 is 0.793 bits per heavy atom. The van der Waals surface area contributed by atoms with Crippen LogP contribution in [0.2, 0.25) is 0 Å². The van der Waals surface area contributed by atoms with Gasteiger partial charge in [0.1, 0.15) is 37.1 Å². The van der Waals surface area contributed by atoms with E-state index in [4.69, 9.17) is 20.9 Å². The van der Waals surface area contributed by atoms with Gasteiger partial charge in [-0.1, -0.05) is 10.3 Å². The van der Waals surface area contributed by atoms with Crippen LogP contribution in [0.25, 0.3) is 0 Å². The first-order chi connectivity index (χ1) is 14.1. The highest BCUT2D eigenvalue weighted by molar-refractivity contribution is 5.95. The van der Waals surface area contributed by atoms with Crippen molar-refractivity contribution in [2.45, 2.75) is 19.3 Å². The monoisotopic (exact) mass is 402 g/mol. The highest BCUT2D eigenvalue weighted by Crippen LogP contribution is 2.13. The average molecular weight is 402 g/mol. The molecule has 10 nitrogen and oxygen atoms in total. The first-order valence-corrected chi connectivity index (χ1v) is 9.05. The Kier molecular flexibility index (Phi) is 9.00. The summed E-state index contributed by atoms with van der Waals surface area (Å²) in [5, 5.41) is 7.31. The number of amidine groups is 2. The van der Waals surface area contributed by atoms with Crippen molar-refractivity contribution >= 4 is 11.7 Å². The van der Waals surface area contributed by atoms with E-state index in [1.165, 1.54) is 14.2 Å². The lowest BCUT2D eigenvalue weighted by Crippen LogP contribution is -2.15. The van der Waals surface area contributed by atoms with Gasteiger partial charge in [-0.2, -0.15) is 0 Å². The van der Waals surface area contributed by atoms with Crippen molar-refractivity contribution in [2.75, 3.05) is 27.4 Å². The normalized spacial score (nSPS) is 11.8. The third-order valence-electron chi connectivity index (χ3n) is 3.69. The smallest absolute Gasteiger partial charge is 0.189 e. The van der Waals surface area contributed by atoms with Crippen LogP contribution in [0.3, 0.4) is 0 Å². The van der Waals surface area contributed by atoms with E-state index in [1.807, 2.05) is 0 Å². The van der Waals surface area contributed by atoms with Crippen LogP contribution >= 0.6 is 0 Å². The quantitative estimate of drug-likeness (QED) is 0.236. The molecule has 0 amide bonds. The molecule has 0 aliphatic rings. The summed E-state index contributed by atoms with van der Waals surface area (Å²) in [6.45, 7) is 1.16. The van der Waals surface area contributed by atoms with Crippen molar-refractivity contribution in [2.24, 2.45) is 21.8 Å². The lowest BCUT2D eigenvalue weighted by Gasteiger charge is -2.09. The lowest BCUT2D eigenvalue weighted by molar-refractivity contribution is 0.213. The maximum atomic E-state index is 5.74. The molecule has 29 heavy (non-hydrogen) atoms. The van der Waals surface area contributed by atoms with Crippen molar-refractivity contribution in [3.63, 3.8) is 0 Å². The minimum Gasteiger partial charge on any atom is -0.493 e. The fourth-order valence-corrected chi connectivity index (χ4v) is 2.33. The predicted octanol–water partition coefficient (Wildman–Crippen LogP) is 1.64. The number of unbranched alkanes of at least 4 members (excludes halogenated alkanes) is 2. The molecule has 2 rings (SSSR count). The average Bonchev–Trinajstić information content (AvgIpc) is 2.74. The molecule has 4 N–H and O–H groups in total. The Balaban J connectivity index is 1.67. The Morgan fingerprint density at radius 3 is 1.66 bits per heavy atom. The summed E-state index contributed by atoms with van der Waals surface area (Å²) in [6, 6.07) is 6.99. The number of nitrogens with zero attached hydrogens (tertiary/aromatic N) is 4. The Labute approximate surface area is 169 Å². The molecule has 0 aromatic carbocycles. The van der Waals surface area contributed by atoms with Gasteiger partial charge in [0.25, 0.3) is 0 Å². The predicted molar refractivity (Wildman–Crippen MR) is 109 cm³/mol. The zero-order valence-corrected chi connectivity index (χ0v) is 16.6. The van der Waals surface area contributed by atoms with Crippen LogP contribution in [0.1, 0.15) is 30.7 Å². The van der Waals surface area contributed by atoms with Gasteiger partial charge in [-0.15, -0.1) is 0 Å². The second kappa shape index (κ2) is 12.0. The van der Waals surface area contributed by atoms with Crippen LogP contribution in [0, 0.1) is 0 Å². The number of hydrogen-bond acceptors (Lipinski definition) is 8. The summed E-state index contributed by atoms with van der Waals surface area (Å²) in [4.78, 5) is 17.5. The highest BCUT2D eigenvalue weighted by atomic mass is 16.6. The van der Waals surface area contributed by atoms with Crippen molar-refractivity contribution in [3.05, 3.63) is 48.0 Å². The molecule has 0 saturated carbocycles. The molecule has 0 atom stereocenters. The largest absolute Gasteiger partial charge is 0.493 e. The van der Waals surface area contributed by atoms with Gasteiger partial charge >= 0.3 is 0 Å². The topological polar surface area (TPSA) is 139 Å². The van der Waals surface area contributed by atoms with Crippen molar-refractivity contribution in [1.82, 2.24) is 9.97 Å². The van der Waals surface area contributed by atoms with Gasteiger partial charge in [0, 0.05) is 24.5 Å². The number of ether oxygens (including phenoxy) is 2. The van der Waals surface area contributed by atoms with Gasteiger partial charge in [-0.05, 0) is 31.4 Å². The van der Waals surface area contributed by atoms with Gasteiger partial charge in [0.15, 0.2) is 11.7 Å². The maximum Gasteiger partial charge on any atom is 0.189 e. The minimum atomic E-state index is 0.199. The van der Waals surface area contributed by atoms with Crippen LogP contribution in [0.4, 0.5) is 0 Å². The van der Waals surface area contributed by atoms with E-state index < -0.39 is 0 Å². The molecule has 0 saturated heterocycles. The van der Waals surface area contributed by atoms with Crippen LogP contribution in [0.15, 0.2) is 47.0 Å². The van der Waals surface area contributed by atoms with E-state index in [2.05, 4.69) is 30.0 Å². The molecule has 10 heteroatoms. The standard InChI is InChI=1S/C19H26N6O4/c1-26-24-18(20)16-12-14(6-8-22-16)28-10-4-3-5-11-29-15-7-9-23-17(13-15)19(21)25-27-2/h6-9,12-13H,3-5,10-11H2,1-2H3,(H2,20,24)(H2,21,25). The van der Waals surface area contributed by atoms with E-state index in [0.29, 0.717) is 36.1 Å². The summed E-state index contributed by atoms with van der Waals surface area (Å²) in [5.41, 5.74) is 12.5.